The lowest BCUT2D eigenvalue weighted by Crippen LogP contribution is -2.35. The molecule has 3 rings (SSSR count). The highest BCUT2D eigenvalue weighted by Crippen LogP contribution is 2.38. The molecule has 1 heterocycles. The molecule has 0 fully saturated rings. The first-order chi connectivity index (χ1) is 13.6. The number of hydrogen-bond acceptors (Lipinski definition) is 4. The number of hydrogen-bond donors (Lipinski definition) is 0. The van der Waals surface area contributed by atoms with Gasteiger partial charge >= 0.3 is 0 Å². The van der Waals surface area contributed by atoms with E-state index < -0.39 is 5.60 Å². The predicted molar refractivity (Wildman–Crippen MR) is 111 cm³/mol. The Kier molecular flexibility index (Phi) is 6.94. The fraction of sp³-hybridized carbons (Fsp3) is 0.333. The van der Waals surface area contributed by atoms with Gasteiger partial charge in [0.05, 0.1) is 11.6 Å². The third-order valence-corrected chi connectivity index (χ3v) is 5.08. The maximum Gasteiger partial charge on any atom is 0.137 e. The van der Waals surface area contributed by atoms with Gasteiger partial charge in [-0.25, -0.2) is 9.67 Å². The van der Waals surface area contributed by atoms with Crippen LogP contribution < -0.4 is 4.74 Å². The average molecular weight is 420 g/mol. The smallest absolute Gasteiger partial charge is 0.137 e. The Morgan fingerprint density at radius 3 is 2.39 bits per heavy atom. The molecule has 0 aliphatic carbocycles. The van der Waals surface area contributed by atoms with Gasteiger partial charge < -0.3 is 9.47 Å². The Balaban J connectivity index is 1.89. The highest BCUT2D eigenvalue weighted by atomic mass is 35.5. The second kappa shape index (κ2) is 9.41. The van der Waals surface area contributed by atoms with Gasteiger partial charge in [-0.05, 0) is 49.2 Å². The zero-order chi connectivity index (χ0) is 20.0. The van der Waals surface area contributed by atoms with Crippen molar-refractivity contribution in [3.8, 4) is 11.5 Å². The number of benzene rings is 2. The van der Waals surface area contributed by atoms with Crippen molar-refractivity contribution in [3.05, 3.63) is 70.7 Å². The molecule has 0 bridgehead atoms. The zero-order valence-corrected chi connectivity index (χ0v) is 17.5. The molecule has 0 saturated carbocycles. The number of halogens is 2. The van der Waals surface area contributed by atoms with Crippen molar-refractivity contribution in [1.82, 2.24) is 14.8 Å². The zero-order valence-electron chi connectivity index (χ0n) is 15.9. The van der Waals surface area contributed by atoms with Crippen LogP contribution >= 0.6 is 23.2 Å². The number of aromatic nitrogens is 3. The molecule has 0 radical (unpaired) electrons. The fourth-order valence-corrected chi connectivity index (χ4v) is 3.52. The van der Waals surface area contributed by atoms with E-state index in [0.29, 0.717) is 34.7 Å². The van der Waals surface area contributed by atoms with Crippen LogP contribution in [-0.2, 0) is 16.9 Å². The van der Waals surface area contributed by atoms with Crippen LogP contribution in [0.15, 0.2) is 55.1 Å². The van der Waals surface area contributed by atoms with Gasteiger partial charge in [0, 0.05) is 17.2 Å². The van der Waals surface area contributed by atoms with Crippen molar-refractivity contribution in [2.24, 2.45) is 0 Å². The molecule has 5 nitrogen and oxygen atoms in total. The van der Waals surface area contributed by atoms with Crippen molar-refractivity contribution in [2.75, 3.05) is 6.61 Å². The van der Waals surface area contributed by atoms with E-state index in [9.17, 15) is 0 Å². The van der Waals surface area contributed by atoms with Crippen LogP contribution in [0, 0.1) is 0 Å². The molecule has 1 aromatic heterocycles. The second-order valence-electron chi connectivity index (χ2n) is 6.49. The summed E-state index contributed by atoms with van der Waals surface area (Å²) in [6.45, 7) is 5.32. The van der Waals surface area contributed by atoms with Crippen LogP contribution in [0.1, 0.15) is 32.3 Å². The molecule has 148 valence electrons. The molecular weight excluding hydrogens is 397 g/mol. The Bertz CT molecular complexity index is 885. The van der Waals surface area contributed by atoms with E-state index >= 15 is 0 Å². The van der Waals surface area contributed by atoms with Crippen LogP contribution in [0.3, 0.4) is 0 Å². The molecule has 2 aromatic carbocycles. The first-order valence-corrected chi connectivity index (χ1v) is 10.0. The first kappa shape index (κ1) is 20.6. The minimum Gasteiger partial charge on any atom is -0.457 e. The summed E-state index contributed by atoms with van der Waals surface area (Å²) < 4.78 is 14.0. The summed E-state index contributed by atoms with van der Waals surface area (Å²) in [4.78, 5) is 4.04. The van der Waals surface area contributed by atoms with Gasteiger partial charge in [-0.15, -0.1) is 0 Å². The minimum atomic E-state index is -0.598. The van der Waals surface area contributed by atoms with Crippen LogP contribution in [0.2, 0.25) is 10.0 Å². The average Bonchev–Trinajstić information content (AvgIpc) is 3.20. The van der Waals surface area contributed by atoms with Crippen molar-refractivity contribution in [2.45, 2.75) is 38.8 Å². The third-order valence-electron chi connectivity index (χ3n) is 4.52. The molecule has 0 N–H and O–H groups in total. The molecule has 0 saturated heterocycles. The Morgan fingerprint density at radius 1 is 1.04 bits per heavy atom. The lowest BCUT2D eigenvalue weighted by Gasteiger charge is -2.34. The first-order valence-electron chi connectivity index (χ1n) is 9.26. The molecule has 3 aromatic rings. The van der Waals surface area contributed by atoms with E-state index in [2.05, 4.69) is 23.9 Å². The number of ether oxygens (including phenoxy) is 2. The van der Waals surface area contributed by atoms with E-state index in [1.54, 1.807) is 23.1 Å². The van der Waals surface area contributed by atoms with Crippen LogP contribution in [0.4, 0.5) is 0 Å². The van der Waals surface area contributed by atoms with E-state index in [-0.39, 0.29) is 0 Å². The third kappa shape index (κ3) is 4.85. The molecule has 1 unspecified atom stereocenters. The van der Waals surface area contributed by atoms with Crippen molar-refractivity contribution in [3.63, 3.8) is 0 Å². The van der Waals surface area contributed by atoms with Crippen LogP contribution in [0.25, 0.3) is 0 Å². The Labute approximate surface area is 175 Å². The summed E-state index contributed by atoms with van der Waals surface area (Å²) in [5, 5.41) is 5.49. The van der Waals surface area contributed by atoms with Crippen molar-refractivity contribution >= 4 is 23.2 Å². The maximum absolute atomic E-state index is 6.68. The lowest BCUT2D eigenvalue weighted by atomic mass is 9.90. The van der Waals surface area contributed by atoms with Gasteiger partial charge in [0.25, 0.3) is 0 Å². The summed E-state index contributed by atoms with van der Waals surface area (Å²) in [7, 11) is 0. The fourth-order valence-electron chi connectivity index (χ4n) is 3.05. The highest BCUT2D eigenvalue weighted by Gasteiger charge is 2.34. The molecular formula is C21H23Cl2N3O2. The van der Waals surface area contributed by atoms with E-state index in [4.69, 9.17) is 32.7 Å². The highest BCUT2D eigenvalue weighted by molar-refractivity contribution is 6.31. The quantitative estimate of drug-likeness (QED) is 0.419. The SMILES string of the molecule is CCCOC(CC)(Cn1cncn1)c1ccc(Oc2ccc(Cl)cc2)cc1Cl. The molecule has 1 atom stereocenters. The monoisotopic (exact) mass is 419 g/mol. The molecule has 0 aliphatic rings. The minimum absolute atomic E-state index is 0.528. The van der Waals surface area contributed by atoms with E-state index in [1.165, 1.54) is 6.33 Å². The summed E-state index contributed by atoms with van der Waals surface area (Å²) in [5.41, 5.74) is 0.309. The van der Waals surface area contributed by atoms with Crippen LogP contribution in [0.5, 0.6) is 11.5 Å². The number of nitrogens with zero attached hydrogens (tertiary/aromatic N) is 3. The maximum atomic E-state index is 6.68. The van der Waals surface area contributed by atoms with Gasteiger partial charge in [0.1, 0.15) is 29.8 Å². The van der Waals surface area contributed by atoms with Gasteiger partial charge in [0.15, 0.2) is 0 Å². The van der Waals surface area contributed by atoms with Gasteiger partial charge in [-0.1, -0.05) is 43.1 Å². The van der Waals surface area contributed by atoms with Crippen molar-refractivity contribution < 1.29 is 9.47 Å². The topological polar surface area (TPSA) is 49.2 Å². The van der Waals surface area contributed by atoms with Gasteiger partial charge in [0.2, 0.25) is 0 Å². The Hall–Kier alpha value is -2.08. The van der Waals surface area contributed by atoms with E-state index in [1.807, 2.05) is 30.3 Å². The lowest BCUT2D eigenvalue weighted by molar-refractivity contribution is -0.0681. The molecule has 0 amide bonds. The van der Waals surface area contributed by atoms with E-state index in [0.717, 1.165) is 18.4 Å². The summed E-state index contributed by atoms with van der Waals surface area (Å²) in [5.74, 6) is 1.34. The Morgan fingerprint density at radius 2 is 1.79 bits per heavy atom. The summed E-state index contributed by atoms with van der Waals surface area (Å²) >= 11 is 12.6. The van der Waals surface area contributed by atoms with Crippen LogP contribution in [-0.4, -0.2) is 21.4 Å². The predicted octanol–water partition coefficient (Wildman–Crippen LogP) is 6.11. The summed E-state index contributed by atoms with van der Waals surface area (Å²) in [6.07, 6.45) is 4.86. The molecule has 7 heteroatoms. The molecule has 28 heavy (non-hydrogen) atoms. The molecule has 0 aliphatic heterocycles. The summed E-state index contributed by atoms with van der Waals surface area (Å²) in [6, 6.07) is 12.9. The second-order valence-corrected chi connectivity index (χ2v) is 7.33. The standard InChI is InChI=1S/C21H23Cl2N3O2/c1-3-11-27-21(4-2,13-26-15-24-14-25-26)19-10-9-18(12-20(19)23)28-17-7-5-16(22)6-8-17/h5-10,12,14-15H,3-4,11,13H2,1-2H3. The number of rotatable bonds is 9. The van der Waals surface area contributed by atoms with Crippen molar-refractivity contribution in [1.29, 1.82) is 0 Å². The van der Waals surface area contributed by atoms with Gasteiger partial charge in [-0.2, -0.15) is 5.10 Å². The normalized spacial score (nSPS) is 13.3. The van der Waals surface area contributed by atoms with Gasteiger partial charge in [-0.3, -0.25) is 0 Å². The largest absolute Gasteiger partial charge is 0.457 e. The molecule has 0 spiro atoms.